The van der Waals surface area contributed by atoms with Gasteiger partial charge in [0.15, 0.2) is 0 Å². The Labute approximate surface area is 103 Å². The number of nitrogens with one attached hydrogen (secondary N) is 1. The molecule has 17 heavy (non-hydrogen) atoms. The van der Waals surface area contributed by atoms with Crippen LogP contribution < -0.4 is 5.32 Å². The van der Waals surface area contributed by atoms with Gasteiger partial charge in [-0.15, -0.1) is 0 Å². The molecular weight excluding hydrogens is 212 g/mol. The van der Waals surface area contributed by atoms with E-state index in [1.165, 1.54) is 5.56 Å². The normalized spacial score (nSPS) is 10.9. The van der Waals surface area contributed by atoms with Crippen molar-refractivity contribution in [3.8, 4) is 0 Å². The number of hydrogen-bond donors (Lipinski definition) is 1. The molecular formula is C14H20N2O. The van der Waals surface area contributed by atoms with Gasteiger partial charge >= 0.3 is 0 Å². The van der Waals surface area contributed by atoms with E-state index in [0.717, 1.165) is 0 Å². The number of carbonyl (C=O) groups is 1. The smallest absolute Gasteiger partial charge is 0.255 e. The molecule has 1 aromatic carbocycles. The maximum Gasteiger partial charge on any atom is 0.255 e. The molecule has 0 spiro atoms. The lowest BCUT2D eigenvalue weighted by molar-refractivity contribution is 0.0969. The van der Waals surface area contributed by atoms with Crippen LogP contribution in [0.1, 0.15) is 35.7 Å². The first kappa shape index (κ1) is 13.3. The number of amides is 1. The molecule has 1 N–H and O–H groups in total. The molecule has 0 heterocycles. The van der Waals surface area contributed by atoms with Crippen LogP contribution in [0.3, 0.4) is 0 Å². The third kappa shape index (κ3) is 4.31. The van der Waals surface area contributed by atoms with Gasteiger partial charge in [0.05, 0.1) is 0 Å². The first-order valence-electron chi connectivity index (χ1n) is 5.74. The highest BCUT2D eigenvalue weighted by Gasteiger charge is 2.04. The van der Waals surface area contributed by atoms with Gasteiger partial charge in [-0.2, -0.15) is 0 Å². The van der Waals surface area contributed by atoms with Crippen molar-refractivity contribution in [2.45, 2.75) is 19.8 Å². The highest BCUT2D eigenvalue weighted by molar-refractivity contribution is 5.94. The summed E-state index contributed by atoms with van der Waals surface area (Å²) in [6, 6.07) is 7.70. The van der Waals surface area contributed by atoms with Gasteiger partial charge in [-0.3, -0.25) is 4.79 Å². The predicted molar refractivity (Wildman–Crippen MR) is 70.8 cm³/mol. The monoisotopic (exact) mass is 232 g/mol. The third-order valence-corrected chi connectivity index (χ3v) is 2.43. The maximum atomic E-state index is 11.7. The summed E-state index contributed by atoms with van der Waals surface area (Å²) >= 11 is 0. The van der Waals surface area contributed by atoms with E-state index in [4.69, 9.17) is 0 Å². The quantitative estimate of drug-likeness (QED) is 0.865. The van der Waals surface area contributed by atoms with Gasteiger partial charge < -0.3 is 10.2 Å². The van der Waals surface area contributed by atoms with E-state index in [1.54, 1.807) is 12.4 Å². The molecule has 0 saturated heterocycles. The van der Waals surface area contributed by atoms with Crippen LogP contribution in [-0.2, 0) is 0 Å². The SMILES string of the molecule is CC(C)c1ccc(C(=O)N/C=C/N(C)C)cc1. The summed E-state index contributed by atoms with van der Waals surface area (Å²) in [5.41, 5.74) is 1.92. The van der Waals surface area contributed by atoms with Crippen molar-refractivity contribution in [2.75, 3.05) is 14.1 Å². The lowest BCUT2D eigenvalue weighted by Gasteiger charge is -2.07. The van der Waals surface area contributed by atoms with Gasteiger partial charge in [0.2, 0.25) is 0 Å². The van der Waals surface area contributed by atoms with Gasteiger partial charge in [0, 0.05) is 32.1 Å². The highest BCUT2D eigenvalue weighted by atomic mass is 16.1. The van der Waals surface area contributed by atoms with Crippen molar-refractivity contribution in [3.05, 3.63) is 47.8 Å². The minimum absolute atomic E-state index is 0.0848. The predicted octanol–water partition coefficient (Wildman–Crippen LogP) is 2.57. The van der Waals surface area contributed by atoms with Crippen LogP contribution in [0.25, 0.3) is 0 Å². The second-order valence-corrected chi connectivity index (χ2v) is 4.53. The van der Waals surface area contributed by atoms with Crippen LogP contribution in [-0.4, -0.2) is 24.9 Å². The molecule has 0 fully saturated rings. The van der Waals surface area contributed by atoms with Crippen LogP contribution in [0.4, 0.5) is 0 Å². The molecule has 1 rings (SSSR count). The summed E-state index contributed by atoms with van der Waals surface area (Å²) in [6.07, 6.45) is 3.43. The second-order valence-electron chi connectivity index (χ2n) is 4.53. The minimum Gasteiger partial charge on any atom is -0.382 e. The van der Waals surface area contributed by atoms with Crippen LogP contribution in [0, 0.1) is 0 Å². The molecule has 1 amide bonds. The van der Waals surface area contributed by atoms with Crippen molar-refractivity contribution in [3.63, 3.8) is 0 Å². The van der Waals surface area contributed by atoms with E-state index in [0.29, 0.717) is 11.5 Å². The fraction of sp³-hybridized carbons (Fsp3) is 0.357. The summed E-state index contributed by atoms with van der Waals surface area (Å²) < 4.78 is 0. The van der Waals surface area contributed by atoms with Crippen LogP contribution in [0.5, 0.6) is 0 Å². The van der Waals surface area contributed by atoms with E-state index >= 15 is 0 Å². The van der Waals surface area contributed by atoms with E-state index in [1.807, 2.05) is 43.3 Å². The molecule has 1 aromatic rings. The Morgan fingerprint density at radius 1 is 1.24 bits per heavy atom. The molecule has 0 aliphatic heterocycles. The van der Waals surface area contributed by atoms with Crippen molar-refractivity contribution < 1.29 is 4.79 Å². The number of hydrogen-bond acceptors (Lipinski definition) is 2. The Morgan fingerprint density at radius 3 is 2.29 bits per heavy atom. The Morgan fingerprint density at radius 2 is 1.82 bits per heavy atom. The summed E-state index contributed by atoms with van der Waals surface area (Å²) in [6.45, 7) is 4.27. The van der Waals surface area contributed by atoms with Gasteiger partial charge in [-0.05, 0) is 23.6 Å². The number of benzene rings is 1. The Balaban J connectivity index is 2.64. The highest BCUT2D eigenvalue weighted by Crippen LogP contribution is 2.14. The summed E-state index contributed by atoms with van der Waals surface area (Å²) in [4.78, 5) is 13.6. The van der Waals surface area contributed by atoms with Gasteiger partial charge in [0.25, 0.3) is 5.91 Å². The molecule has 3 heteroatoms. The molecule has 0 saturated carbocycles. The maximum absolute atomic E-state index is 11.7. The van der Waals surface area contributed by atoms with Crippen molar-refractivity contribution >= 4 is 5.91 Å². The topological polar surface area (TPSA) is 32.3 Å². The molecule has 92 valence electrons. The van der Waals surface area contributed by atoms with E-state index < -0.39 is 0 Å². The first-order chi connectivity index (χ1) is 8.00. The molecule has 0 unspecified atom stereocenters. The van der Waals surface area contributed by atoms with Gasteiger partial charge in [-0.25, -0.2) is 0 Å². The molecule has 0 radical (unpaired) electrons. The molecule has 0 aromatic heterocycles. The van der Waals surface area contributed by atoms with Crippen molar-refractivity contribution in [2.24, 2.45) is 0 Å². The van der Waals surface area contributed by atoms with Crippen LogP contribution >= 0.6 is 0 Å². The third-order valence-electron chi connectivity index (χ3n) is 2.43. The molecule has 0 atom stereocenters. The molecule has 0 bridgehead atoms. The average molecular weight is 232 g/mol. The fourth-order valence-corrected chi connectivity index (χ4v) is 1.36. The molecule has 0 aliphatic rings. The largest absolute Gasteiger partial charge is 0.382 e. The molecule has 0 aliphatic carbocycles. The molecule has 3 nitrogen and oxygen atoms in total. The zero-order valence-electron chi connectivity index (χ0n) is 10.9. The lowest BCUT2D eigenvalue weighted by atomic mass is 10.0. The van der Waals surface area contributed by atoms with E-state index in [9.17, 15) is 4.79 Å². The summed E-state index contributed by atoms with van der Waals surface area (Å²) in [5, 5.41) is 2.72. The Hall–Kier alpha value is -1.77. The van der Waals surface area contributed by atoms with Gasteiger partial charge in [0.1, 0.15) is 0 Å². The van der Waals surface area contributed by atoms with E-state index in [2.05, 4.69) is 19.2 Å². The number of rotatable bonds is 4. The standard InChI is InChI=1S/C14H20N2O/c1-11(2)12-5-7-13(8-6-12)14(17)15-9-10-16(3)4/h5-11H,1-4H3,(H,15,17)/b10-9+. The van der Waals surface area contributed by atoms with Crippen LogP contribution in [0.15, 0.2) is 36.7 Å². The number of carbonyl (C=O) groups excluding carboxylic acids is 1. The van der Waals surface area contributed by atoms with E-state index in [-0.39, 0.29) is 5.91 Å². The van der Waals surface area contributed by atoms with Crippen LogP contribution in [0.2, 0.25) is 0 Å². The second kappa shape index (κ2) is 6.09. The summed E-state index contributed by atoms with van der Waals surface area (Å²) in [7, 11) is 3.81. The summed E-state index contributed by atoms with van der Waals surface area (Å²) in [5.74, 6) is 0.402. The minimum atomic E-state index is -0.0848. The zero-order valence-corrected chi connectivity index (χ0v) is 10.9. The fourth-order valence-electron chi connectivity index (χ4n) is 1.36. The van der Waals surface area contributed by atoms with Gasteiger partial charge in [-0.1, -0.05) is 26.0 Å². The first-order valence-corrected chi connectivity index (χ1v) is 5.74. The Bertz CT molecular complexity index is 391. The number of nitrogens with zero attached hydrogens (tertiary/aromatic N) is 1. The van der Waals surface area contributed by atoms with Crippen molar-refractivity contribution in [1.82, 2.24) is 10.2 Å². The Kier molecular flexibility index (Phi) is 4.76. The van der Waals surface area contributed by atoms with Crippen molar-refractivity contribution in [1.29, 1.82) is 0 Å². The lowest BCUT2D eigenvalue weighted by Crippen LogP contribution is -2.18. The average Bonchev–Trinajstić information content (AvgIpc) is 2.28. The zero-order chi connectivity index (χ0) is 12.8.